The van der Waals surface area contributed by atoms with Gasteiger partial charge in [0.2, 0.25) is 11.9 Å². The average Bonchev–Trinajstić information content (AvgIpc) is 2.81. The number of Topliss-reactive ketones (excluding diaryl/α,β-unsaturated/α-hetero) is 1. The van der Waals surface area contributed by atoms with E-state index in [0.717, 1.165) is 5.56 Å². The van der Waals surface area contributed by atoms with Crippen LogP contribution in [0.1, 0.15) is 41.4 Å². The van der Waals surface area contributed by atoms with Gasteiger partial charge >= 0.3 is 0 Å². The summed E-state index contributed by atoms with van der Waals surface area (Å²) in [7, 11) is 3.01. The second-order valence-corrected chi connectivity index (χ2v) is 7.69. The molecule has 7 heteroatoms. The lowest BCUT2D eigenvalue weighted by molar-refractivity contribution is -0.118. The van der Waals surface area contributed by atoms with Crippen LogP contribution in [-0.2, 0) is 11.2 Å². The number of anilines is 1. The first-order valence-corrected chi connectivity index (χ1v) is 10.6. The molecule has 0 unspecified atom stereocenters. The Morgan fingerprint density at radius 2 is 1.73 bits per heavy atom. The first kappa shape index (κ1) is 24.0. The van der Waals surface area contributed by atoms with E-state index in [0.29, 0.717) is 34.6 Å². The minimum Gasteiger partial charge on any atom is -0.496 e. The number of nitrogens with zero attached hydrogens (tertiary/aromatic N) is 2. The van der Waals surface area contributed by atoms with Crippen LogP contribution < -0.4 is 9.64 Å². The Balaban J connectivity index is 1.81. The monoisotopic (exact) mass is 452 g/mol. The maximum absolute atomic E-state index is 14.7. The first-order valence-electron chi connectivity index (χ1n) is 10.6. The van der Waals surface area contributed by atoms with Crippen LogP contribution in [0.5, 0.6) is 5.75 Å². The number of rotatable bonds is 8. The quantitative estimate of drug-likeness (QED) is 0.333. The van der Waals surface area contributed by atoms with E-state index in [1.807, 2.05) is 0 Å². The normalized spacial score (nSPS) is 10.7. The molecule has 0 saturated heterocycles. The molecule has 0 aliphatic rings. The number of ketones is 1. The lowest BCUT2D eigenvalue weighted by Gasteiger charge is -2.18. The highest BCUT2D eigenvalue weighted by atomic mass is 19.1. The lowest BCUT2D eigenvalue weighted by atomic mass is 9.97. The Bertz CT molecular complexity index is 1190. The molecule has 3 rings (SSSR count). The van der Waals surface area contributed by atoms with Gasteiger partial charge in [-0.3, -0.25) is 9.59 Å². The lowest BCUT2D eigenvalue weighted by Crippen LogP contribution is -2.25. The summed E-state index contributed by atoms with van der Waals surface area (Å²) in [6, 6.07) is 12.6. The summed E-state index contributed by atoms with van der Waals surface area (Å²) in [5.41, 5.74) is 3.26. The second-order valence-electron chi connectivity index (χ2n) is 7.69. The third-order valence-corrected chi connectivity index (χ3v) is 5.60. The molecular weight excluding hydrogens is 426 g/mol. The Kier molecular flexibility index (Phi) is 7.53. The highest BCUT2D eigenvalue weighted by Gasteiger charge is 2.17. The number of hydrogen-bond acceptors (Lipinski definition) is 4. The van der Waals surface area contributed by atoms with Crippen LogP contribution in [0.2, 0.25) is 0 Å². The molecule has 0 N–H and O–H groups in total. The molecule has 172 valence electrons. The minimum absolute atomic E-state index is 0.122. The molecule has 1 amide bonds. The van der Waals surface area contributed by atoms with E-state index < -0.39 is 11.8 Å². The minimum atomic E-state index is -0.548. The van der Waals surface area contributed by atoms with Crippen molar-refractivity contribution in [2.45, 2.75) is 33.1 Å². The number of pyridine rings is 1. The van der Waals surface area contributed by atoms with Gasteiger partial charge in [-0.05, 0) is 60.4 Å². The molecular formula is C26H26F2N2O3. The molecule has 0 atom stereocenters. The number of aromatic nitrogens is 1. The molecule has 0 spiro atoms. The van der Waals surface area contributed by atoms with Crippen molar-refractivity contribution >= 4 is 17.4 Å². The number of ether oxygens (including phenoxy) is 1. The van der Waals surface area contributed by atoms with Crippen molar-refractivity contribution in [1.82, 2.24) is 4.98 Å². The summed E-state index contributed by atoms with van der Waals surface area (Å²) in [4.78, 5) is 29.8. The van der Waals surface area contributed by atoms with Gasteiger partial charge in [-0.2, -0.15) is 4.39 Å². The highest BCUT2D eigenvalue weighted by molar-refractivity contribution is 5.99. The molecule has 5 nitrogen and oxygen atoms in total. The summed E-state index contributed by atoms with van der Waals surface area (Å²) >= 11 is 0. The third kappa shape index (κ3) is 5.42. The van der Waals surface area contributed by atoms with Gasteiger partial charge in [0.05, 0.1) is 18.4 Å². The largest absolute Gasteiger partial charge is 0.496 e. The van der Waals surface area contributed by atoms with E-state index in [4.69, 9.17) is 4.74 Å². The number of carbonyl (C=O) groups is 2. The highest BCUT2D eigenvalue weighted by Crippen LogP contribution is 2.31. The summed E-state index contributed by atoms with van der Waals surface area (Å²) in [5, 5.41) is 0. The predicted molar refractivity (Wildman–Crippen MR) is 124 cm³/mol. The van der Waals surface area contributed by atoms with E-state index >= 15 is 0 Å². The molecule has 0 bridgehead atoms. The number of halogens is 2. The average molecular weight is 453 g/mol. The van der Waals surface area contributed by atoms with E-state index in [-0.39, 0.29) is 30.2 Å². The van der Waals surface area contributed by atoms with Crippen LogP contribution in [0.15, 0.2) is 48.5 Å². The number of benzene rings is 2. The Labute approximate surface area is 192 Å². The van der Waals surface area contributed by atoms with E-state index in [9.17, 15) is 18.4 Å². The molecule has 1 heterocycles. The van der Waals surface area contributed by atoms with E-state index in [2.05, 4.69) is 4.98 Å². The molecule has 2 aromatic carbocycles. The van der Waals surface area contributed by atoms with E-state index in [1.165, 1.54) is 31.2 Å². The van der Waals surface area contributed by atoms with Gasteiger partial charge < -0.3 is 9.64 Å². The maximum Gasteiger partial charge on any atom is 0.226 e. The number of hydrogen-bond donors (Lipinski definition) is 0. The van der Waals surface area contributed by atoms with Gasteiger partial charge in [0.15, 0.2) is 5.78 Å². The molecule has 0 radical (unpaired) electrons. The van der Waals surface area contributed by atoms with Gasteiger partial charge in [0.25, 0.3) is 0 Å². The molecule has 0 aliphatic heterocycles. The van der Waals surface area contributed by atoms with Crippen LogP contribution in [0, 0.1) is 18.7 Å². The Morgan fingerprint density at radius 1 is 1.03 bits per heavy atom. The van der Waals surface area contributed by atoms with Gasteiger partial charge in [-0.25, -0.2) is 9.37 Å². The zero-order valence-corrected chi connectivity index (χ0v) is 19.1. The van der Waals surface area contributed by atoms with Crippen molar-refractivity contribution in [2.24, 2.45) is 0 Å². The zero-order chi connectivity index (χ0) is 24.1. The van der Waals surface area contributed by atoms with Crippen molar-refractivity contribution in [1.29, 1.82) is 0 Å². The molecule has 3 aromatic rings. The summed E-state index contributed by atoms with van der Waals surface area (Å²) in [5.74, 6) is -0.984. The molecule has 0 saturated carbocycles. The molecule has 0 fully saturated rings. The maximum atomic E-state index is 14.7. The summed E-state index contributed by atoms with van der Waals surface area (Å²) < 4.78 is 33.3. The fraction of sp³-hybridized carbons (Fsp3) is 0.269. The number of aryl methyl sites for hydroxylation is 2. The van der Waals surface area contributed by atoms with Crippen LogP contribution >= 0.6 is 0 Å². The van der Waals surface area contributed by atoms with Crippen LogP contribution in [0.4, 0.5) is 14.5 Å². The second kappa shape index (κ2) is 10.3. The van der Waals surface area contributed by atoms with Gasteiger partial charge in [0, 0.05) is 25.6 Å². The van der Waals surface area contributed by atoms with Crippen LogP contribution in [-0.4, -0.2) is 30.8 Å². The Morgan fingerprint density at radius 3 is 2.36 bits per heavy atom. The number of methoxy groups -OCH3 is 1. The van der Waals surface area contributed by atoms with E-state index in [1.54, 1.807) is 50.2 Å². The van der Waals surface area contributed by atoms with Crippen molar-refractivity contribution in [3.05, 3.63) is 77.1 Å². The summed E-state index contributed by atoms with van der Waals surface area (Å²) in [6.07, 6.45) is 0.923. The SMILES string of the molecule is CCC(=O)N(C)c1ccc(-c2ccc(C(=O)CCc3ccc(F)nc3C)c(OC)c2)cc1F. The predicted octanol–water partition coefficient (Wildman–Crippen LogP) is 5.53. The molecule has 0 aliphatic carbocycles. The number of amides is 1. The summed E-state index contributed by atoms with van der Waals surface area (Å²) in [6.45, 7) is 3.43. The van der Waals surface area contributed by atoms with Gasteiger partial charge in [0.1, 0.15) is 11.6 Å². The topological polar surface area (TPSA) is 59.5 Å². The molecule has 33 heavy (non-hydrogen) atoms. The fourth-order valence-corrected chi connectivity index (χ4v) is 3.64. The van der Waals surface area contributed by atoms with Gasteiger partial charge in [-0.1, -0.05) is 25.1 Å². The van der Waals surface area contributed by atoms with Crippen LogP contribution in [0.25, 0.3) is 11.1 Å². The van der Waals surface area contributed by atoms with Crippen molar-refractivity contribution in [2.75, 3.05) is 19.1 Å². The third-order valence-electron chi connectivity index (χ3n) is 5.60. The smallest absolute Gasteiger partial charge is 0.226 e. The molecule has 1 aromatic heterocycles. The zero-order valence-electron chi connectivity index (χ0n) is 19.1. The standard InChI is InChI=1S/C26H26F2N2O3/c1-5-26(32)30(3)22-11-7-18(14-21(22)27)19-6-10-20(24(15-19)33-4)23(31)12-8-17-9-13-25(28)29-16(17)2/h6-7,9-11,13-15H,5,8,12H2,1-4H3. The van der Waals surface area contributed by atoms with Crippen molar-refractivity contribution < 1.29 is 23.1 Å². The van der Waals surface area contributed by atoms with Gasteiger partial charge in [-0.15, -0.1) is 0 Å². The first-order chi connectivity index (χ1) is 15.7. The Hall–Kier alpha value is -3.61. The van der Waals surface area contributed by atoms with Crippen LogP contribution in [0.3, 0.4) is 0 Å². The fourth-order valence-electron chi connectivity index (χ4n) is 3.64. The van der Waals surface area contributed by atoms with Crippen molar-refractivity contribution in [3.63, 3.8) is 0 Å². The number of carbonyl (C=O) groups excluding carboxylic acids is 2. The van der Waals surface area contributed by atoms with Crippen molar-refractivity contribution in [3.8, 4) is 16.9 Å².